The van der Waals surface area contributed by atoms with Gasteiger partial charge in [0.15, 0.2) is 0 Å². The Hall–Kier alpha value is -1.88. The molecule has 0 unspecified atom stereocenters. The third-order valence-electron chi connectivity index (χ3n) is 2.88. The summed E-state index contributed by atoms with van der Waals surface area (Å²) in [6, 6.07) is 11.4. The Bertz CT molecular complexity index is 631. The molecule has 0 bridgehead atoms. The van der Waals surface area contributed by atoms with Gasteiger partial charge in [0.2, 0.25) is 0 Å². The van der Waals surface area contributed by atoms with Crippen LogP contribution in [0.15, 0.2) is 46.9 Å². The first-order valence-electron chi connectivity index (χ1n) is 6.08. The van der Waals surface area contributed by atoms with E-state index in [9.17, 15) is 9.18 Å². The van der Waals surface area contributed by atoms with Crippen LogP contribution in [0, 0.1) is 5.82 Å². The van der Waals surface area contributed by atoms with E-state index in [1.807, 2.05) is 0 Å². The molecule has 0 amide bonds. The minimum Gasteiger partial charge on any atom is -0.478 e. The normalized spacial score (nSPS) is 10.3. The molecule has 20 heavy (non-hydrogen) atoms. The standard InChI is InChI=1S/C15H13BrFNO2/c16-11-5-6-12(15(19)20)14(9-11)18-8-7-10-3-1-2-4-13(10)17/h1-6,9,18H,7-8H2,(H,19,20). The number of hydrogen-bond donors (Lipinski definition) is 2. The molecule has 0 aliphatic heterocycles. The smallest absolute Gasteiger partial charge is 0.337 e. The number of benzene rings is 2. The summed E-state index contributed by atoms with van der Waals surface area (Å²) in [5.74, 6) is -1.24. The number of nitrogens with one attached hydrogen (secondary N) is 1. The fraction of sp³-hybridized carbons (Fsp3) is 0.133. The summed E-state index contributed by atoms with van der Waals surface area (Å²) in [7, 11) is 0. The lowest BCUT2D eigenvalue weighted by Crippen LogP contribution is -2.10. The maximum Gasteiger partial charge on any atom is 0.337 e. The van der Waals surface area contributed by atoms with Gasteiger partial charge >= 0.3 is 5.97 Å². The Balaban J connectivity index is 2.06. The van der Waals surface area contributed by atoms with E-state index in [4.69, 9.17) is 5.11 Å². The van der Waals surface area contributed by atoms with Crippen LogP contribution in [-0.4, -0.2) is 17.6 Å². The highest BCUT2D eigenvalue weighted by molar-refractivity contribution is 9.10. The van der Waals surface area contributed by atoms with Crippen molar-refractivity contribution in [3.05, 3.63) is 63.9 Å². The molecule has 3 nitrogen and oxygen atoms in total. The molecular weight excluding hydrogens is 325 g/mol. The van der Waals surface area contributed by atoms with E-state index in [1.165, 1.54) is 12.1 Å². The molecule has 2 N–H and O–H groups in total. The molecular formula is C15H13BrFNO2. The zero-order valence-corrected chi connectivity index (χ0v) is 12.2. The number of anilines is 1. The number of carbonyl (C=O) groups is 1. The van der Waals surface area contributed by atoms with Crippen LogP contribution >= 0.6 is 15.9 Å². The van der Waals surface area contributed by atoms with Crippen LogP contribution < -0.4 is 5.32 Å². The second-order valence-electron chi connectivity index (χ2n) is 4.26. The Morgan fingerprint density at radius 3 is 2.70 bits per heavy atom. The van der Waals surface area contributed by atoms with Crippen molar-refractivity contribution in [2.75, 3.05) is 11.9 Å². The maximum absolute atomic E-state index is 13.5. The Labute approximate surface area is 124 Å². The molecule has 0 saturated heterocycles. The van der Waals surface area contributed by atoms with Crippen LogP contribution in [-0.2, 0) is 6.42 Å². The molecule has 0 spiro atoms. The zero-order valence-electron chi connectivity index (χ0n) is 10.6. The highest BCUT2D eigenvalue weighted by Crippen LogP contribution is 2.21. The Morgan fingerprint density at radius 2 is 2.00 bits per heavy atom. The largest absolute Gasteiger partial charge is 0.478 e. The summed E-state index contributed by atoms with van der Waals surface area (Å²) in [5, 5.41) is 12.1. The molecule has 0 heterocycles. The monoisotopic (exact) mass is 337 g/mol. The molecule has 0 aromatic heterocycles. The van der Waals surface area contributed by atoms with Gasteiger partial charge in [0.1, 0.15) is 5.82 Å². The van der Waals surface area contributed by atoms with Crippen molar-refractivity contribution in [1.82, 2.24) is 0 Å². The van der Waals surface area contributed by atoms with Gasteiger partial charge in [0.25, 0.3) is 0 Å². The molecule has 5 heteroatoms. The molecule has 0 saturated carbocycles. The minimum atomic E-state index is -0.995. The van der Waals surface area contributed by atoms with Crippen molar-refractivity contribution in [2.45, 2.75) is 6.42 Å². The molecule has 104 valence electrons. The van der Waals surface area contributed by atoms with Crippen molar-refractivity contribution < 1.29 is 14.3 Å². The van der Waals surface area contributed by atoms with Crippen LogP contribution in [0.5, 0.6) is 0 Å². The number of hydrogen-bond acceptors (Lipinski definition) is 2. The van der Waals surface area contributed by atoms with Crippen molar-refractivity contribution in [3.8, 4) is 0 Å². The van der Waals surface area contributed by atoms with E-state index < -0.39 is 5.97 Å². The second-order valence-corrected chi connectivity index (χ2v) is 5.18. The number of carboxylic acids is 1. The van der Waals surface area contributed by atoms with Crippen LogP contribution in [0.1, 0.15) is 15.9 Å². The third-order valence-corrected chi connectivity index (χ3v) is 3.37. The number of carboxylic acid groups (broad SMARTS) is 1. The van der Waals surface area contributed by atoms with Gasteiger partial charge in [0, 0.05) is 16.7 Å². The molecule has 0 aliphatic carbocycles. The Morgan fingerprint density at radius 1 is 1.25 bits per heavy atom. The lowest BCUT2D eigenvalue weighted by molar-refractivity contribution is 0.0698. The SMILES string of the molecule is O=C(O)c1ccc(Br)cc1NCCc1ccccc1F. The van der Waals surface area contributed by atoms with Gasteiger partial charge < -0.3 is 10.4 Å². The molecule has 0 radical (unpaired) electrons. The Kier molecular flexibility index (Phi) is 4.74. The van der Waals surface area contributed by atoms with Crippen LogP contribution in [0.4, 0.5) is 10.1 Å². The van der Waals surface area contributed by atoms with E-state index in [2.05, 4.69) is 21.2 Å². The molecule has 2 aromatic rings. The highest BCUT2D eigenvalue weighted by atomic mass is 79.9. The average Bonchev–Trinajstić information content (AvgIpc) is 2.41. The van der Waals surface area contributed by atoms with E-state index in [0.717, 1.165) is 4.47 Å². The average molecular weight is 338 g/mol. The first-order chi connectivity index (χ1) is 9.58. The molecule has 0 fully saturated rings. The van der Waals surface area contributed by atoms with Crippen molar-refractivity contribution in [3.63, 3.8) is 0 Å². The maximum atomic E-state index is 13.5. The van der Waals surface area contributed by atoms with Gasteiger partial charge in [-0.15, -0.1) is 0 Å². The summed E-state index contributed by atoms with van der Waals surface area (Å²) in [5.41, 5.74) is 1.32. The molecule has 0 aliphatic rings. The minimum absolute atomic E-state index is 0.196. The zero-order chi connectivity index (χ0) is 14.5. The van der Waals surface area contributed by atoms with Gasteiger partial charge in [-0.1, -0.05) is 34.1 Å². The fourth-order valence-corrected chi connectivity index (χ4v) is 2.24. The number of rotatable bonds is 5. The van der Waals surface area contributed by atoms with Gasteiger partial charge in [0.05, 0.1) is 5.56 Å². The van der Waals surface area contributed by atoms with E-state index in [1.54, 1.807) is 30.3 Å². The molecule has 2 aromatic carbocycles. The van der Waals surface area contributed by atoms with Crippen LogP contribution in [0.3, 0.4) is 0 Å². The quantitative estimate of drug-likeness (QED) is 0.868. The van der Waals surface area contributed by atoms with Crippen LogP contribution in [0.25, 0.3) is 0 Å². The fourth-order valence-electron chi connectivity index (χ4n) is 1.88. The van der Waals surface area contributed by atoms with E-state index >= 15 is 0 Å². The summed E-state index contributed by atoms with van der Waals surface area (Å²) in [6.07, 6.45) is 0.484. The predicted octanol–water partition coefficient (Wildman–Crippen LogP) is 3.94. The lowest BCUT2D eigenvalue weighted by atomic mass is 10.1. The third kappa shape index (κ3) is 3.57. The summed E-state index contributed by atoms with van der Waals surface area (Å²) in [4.78, 5) is 11.1. The van der Waals surface area contributed by atoms with Crippen molar-refractivity contribution >= 4 is 27.6 Å². The molecule has 0 atom stereocenters. The number of halogens is 2. The summed E-state index contributed by atoms with van der Waals surface area (Å²) in [6.45, 7) is 0.456. The van der Waals surface area contributed by atoms with Gasteiger partial charge in [-0.2, -0.15) is 0 Å². The first-order valence-corrected chi connectivity index (χ1v) is 6.87. The molecule has 2 rings (SSSR count). The number of aromatic carboxylic acids is 1. The van der Waals surface area contributed by atoms with E-state index in [0.29, 0.717) is 24.2 Å². The second kappa shape index (κ2) is 6.52. The van der Waals surface area contributed by atoms with E-state index in [-0.39, 0.29) is 11.4 Å². The van der Waals surface area contributed by atoms with Gasteiger partial charge in [-0.3, -0.25) is 0 Å². The van der Waals surface area contributed by atoms with Crippen molar-refractivity contribution in [2.24, 2.45) is 0 Å². The van der Waals surface area contributed by atoms with Gasteiger partial charge in [-0.05, 0) is 36.2 Å². The lowest BCUT2D eigenvalue weighted by Gasteiger charge is -2.10. The van der Waals surface area contributed by atoms with Gasteiger partial charge in [-0.25, -0.2) is 9.18 Å². The summed E-state index contributed by atoms with van der Waals surface area (Å²) < 4.78 is 14.2. The van der Waals surface area contributed by atoms with Crippen LogP contribution in [0.2, 0.25) is 0 Å². The predicted molar refractivity (Wildman–Crippen MR) is 79.7 cm³/mol. The highest BCUT2D eigenvalue weighted by Gasteiger charge is 2.10. The first kappa shape index (κ1) is 14.5. The van der Waals surface area contributed by atoms with Crippen molar-refractivity contribution in [1.29, 1.82) is 0 Å². The topological polar surface area (TPSA) is 49.3 Å². The summed E-state index contributed by atoms with van der Waals surface area (Å²) >= 11 is 3.30.